The standard InChI is InChI=1S/C21H24N4O/c1-16(24-11-8-20(9-12-24)25-13-10-22-15-25)21(26)23-19-7-6-17-4-2-3-5-18(17)14-19/h2-7,10,13-16,20H,8-9,11-12H2,1H3,(H,23,26)/t16-/m0/s1. The lowest BCUT2D eigenvalue weighted by Crippen LogP contribution is -2.46. The fraction of sp³-hybridized carbons (Fsp3) is 0.333. The number of imidazole rings is 1. The molecule has 0 unspecified atom stereocenters. The van der Waals surface area contributed by atoms with E-state index in [1.54, 1.807) is 0 Å². The molecule has 1 fully saturated rings. The molecule has 3 aromatic rings. The molecule has 1 atom stereocenters. The summed E-state index contributed by atoms with van der Waals surface area (Å²) in [5.41, 5.74) is 0.855. The van der Waals surface area contributed by atoms with Crippen LogP contribution in [0.1, 0.15) is 25.8 Å². The highest BCUT2D eigenvalue weighted by molar-refractivity contribution is 5.97. The third kappa shape index (κ3) is 3.48. The van der Waals surface area contributed by atoms with Gasteiger partial charge in [-0.2, -0.15) is 0 Å². The zero-order valence-corrected chi connectivity index (χ0v) is 15.0. The number of rotatable bonds is 4. The summed E-state index contributed by atoms with van der Waals surface area (Å²) >= 11 is 0. The number of nitrogens with zero attached hydrogens (tertiary/aromatic N) is 3. The first kappa shape index (κ1) is 16.8. The molecule has 2 aromatic carbocycles. The number of carbonyl (C=O) groups excluding carboxylic acids is 1. The summed E-state index contributed by atoms with van der Waals surface area (Å²) in [6.07, 6.45) is 7.83. The van der Waals surface area contributed by atoms with E-state index in [0.717, 1.165) is 37.0 Å². The summed E-state index contributed by atoms with van der Waals surface area (Å²) in [4.78, 5) is 19.1. The highest BCUT2D eigenvalue weighted by Gasteiger charge is 2.27. The zero-order valence-electron chi connectivity index (χ0n) is 15.0. The van der Waals surface area contributed by atoms with Gasteiger partial charge in [-0.3, -0.25) is 9.69 Å². The van der Waals surface area contributed by atoms with Crippen molar-refractivity contribution in [1.82, 2.24) is 14.5 Å². The van der Waals surface area contributed by atoms with Crippen LogP contribution < -0.4 is 5.32 Å². The SMILES string of the molecule is C[C@@H](C(=O)Nc1ccc2ccccc2c1)N1CCC(n2ccnc2)CC1. The molecule has 0 radical (unpaired) electrons. The summed E-state index contributed by atoms with van der Waals surface area (Å²) in [5.74, 6) is 0.0568. The first-order valence-electron chi connectivity index (χ1n) is 9.22. The second-order valence-corrected chi connectivity index (χ2v) is 7.00. The fourth-order valence-electron chi connectivity index (χ4n) is 3.74. The van der Waals surface area contributed by atoms with Gasteiger partial charge in [0.05, 0.1) is 12.4 Å². The molecule has 26 heavy (non-hydrogen) atoms. The van der Waals surface area contributed by atoms with Crippen molar-refractivity contribution >= 4 is 22.4 Å². The summed E-state index contributed by atoms with van der Waals surface area (Å²) in [6, 6.07) is 14.6. The number of amides is 1. The number of benzene rings is 2. The van der Waals surface area contributed by atoms with Gasteiger partial charge in [-0.1, -0.05) is 30.3 Å². The lowest BCUT2D eigenvalue weighted by atomic mass is 10.0. The molecule has 4 rings (SSSR count). The van der Waals surface area contributed by atoms with E-state index in [9.17, 15) is 4.79 Å². The Balaban J connectivity index is 1.37. The van der Waals surface area contributed by atoms with E-state index in [2.05, 4.69) is 31.9 Å². The summed E-state index contributed by atoms with van der Waals surface area (Å²) < 4.78 is 2.18. The van der Waals surface area contributed by atoms with Crippen molar-refractivity contribution < 1.29 is 4.79 Å². The molecule has 134 valence electrons. The van der Waals surface area contributed by atoms with Gasteiger partial charge in [0.1, 0.15) is 0 Å². The molecule has 2 heterocycles. The number of carbonyl (C=O) groups is 1. The molecular formula is C21H24N4O. The molecule has 5 heteroatoms. The van der Waals surface area contributed by atoms with Crippen LogP contribution in [0.15, 0.2) is 61.2 Å². The third-order valence-electron chi connectivity index (χ3n) is 5.39. The predicted molar refractivity (Wildman–Crippen MR) is 104 cm³/mol. The Hall–Kier alpha value is -2.66. The first-order chi connectivity index (χ1) is 12.7. The van der Waals surface area contributed by atoms with E-state index < -0.39 is 0 Å². The van der Waals surface area contributed by atoms with Gasteiger partial charge in [0.15, 0.2) is 0 Å². The average Bonchev–Trinajstić information content (AvgIpc) is 3.22. The van der Waals surface area contributed by atoms with Crippen LogP contribution in [0.2, 0.25) is 0 Å². The Morgan fingerprint density at radius 3 is 2.65 bits per heavy atom. The fourth-order valence-corrected chi connectivity index (χ4v) is 3.74. The molecule has 0 aliphatic carbocycles. The Labute approximate surface area is 153 Å². The van der Waals surface area contributed by atoms with Crippen molar-refractivity contribution in [2.75, 3.05) is 18.4 Å². The summed E-state index contributed by atoms with van der Waals surface area (Å²) in [5, 5.41) is 5.39. The number of anilines is 1. The maximum atomic E-state index is 12.7. The van der Waals surface area contributed by atoms with E-state index >= 15 is 0 Å². The minimum absolute atomic E-state index is 0.0568. The van der Waals surface area contributed by atoms with E-state index in [4.69, 9.17) is 0 Å². The Bertz CT molecular complexity index is 882. The van der Waals surface area contributed by atoms with Crippen LogP contribution in [0, 0.1) is 0 Å². The van der Waals surface area contributed by atoms with Crippen molar-refractivity contribution in [3.05, 3.63) is 61.2 Å². The minimum Gasteiger partial charge on any atom is -0.334 e. The summed E-state index contributed by atoms with van der Waals surface area (Å²) in [7, 11) is 0. The maximum absolute atomic E-state index is 12.7. The Morgan fingerprint density at radius 1 is 1.15 bits per heavy atom. The normalized spacial score (nSPS) is 17.3. The van der Waals surface area contributed by atoms with Crippen molar-refractivity contribution in [2.24, 2.45) is 0 Å². The van der Waals surface area contributed by atoms with Gasteiger partial charge < -0.3 is 9.88 Å². The monoisotopic (exact) mass is 348 g/mol. The van der Waals surface area contributed by atoms with Crippen LogP contribution in [0.5, 0.6) is 0 Å². The van der Waals surface area contributed by atoms with Gasteiger partial charge in [-0.25, -0.2) is 4.98 Å². The van der Waals surface area contributed by atoms with Gasteiger partial charge in [0, 0.05) is 37.2 Å². The second kappa shape index (κ2) is 7.30. The van der Waals surface area contributed by atoms with Gasteiger partial charge in [0.25, 0.3) is 0 Å². The molecule has 1 N–H and O–H groups in total. The maximum Gasteiger partial charge on any atom is 0.241 e. The van der Waals surface area contributed by atoms with Crippen molar-refractivity contribution in [2.45, 2.75) is 31.8 Å². The smallest absolute Gasteiger partial charge is 0.241 e. The van der Waals surface area contributed by atoms with Gasteiger partial charge >= 0.3 is 0 Å². The molecule has 0 bridgehead atoms. The number of likely N-dealkylation sites (tertiary alicyclic amines) is 1. The van der Waals surface area contributed by atoms with Crippen LogP contribution in [0.4, 0.5) is 5.69 Å². The molecule has 1 aliphatic rings. The van der Waals surface area contributed by atoms with Gasteiger partial charge in [0.2, 0.25) is 5.91 Å². The van der Waals surface area contributed by atoms with Crippen molar-refractivity contribution in [3.8, 4) is 0 Å². The second-order valence-electron chi connectivity index (χ2n) is 7.00. The number of piperidine rings is 1. The van der Waals surface area contributed by atoms with Crippen molar-refractivity contribution in [1.29, 1.82) is 0 Å². The number of nitrogens with one attached hydrogen (secondary N) is 1. The van der Waals surface area contributed by atoms with Crippen LogP contribution >= 0.6 is 0 Å². The number of hydrogen-bond donors (Lipinski definition) is 1. The third-order valence-corrected chi connectivity index (χ3v) is 5.39. The molecular weight excluding hydrogens is 324 g/mol. The van der Waals surface area contributed by atoms with Crippen LogP contribution in [0.3, 0.4) is 0 Å². The van der Waals surface area contributed by atoms with E-state index in [-0.39, 0.29) is 11.9 Å². The lowest BCUT2D eigenvalue weighted by molar-refractivity contribution is -0.121. The lowest BCUT2D eigenvalue weighted by Gasteiger charge is -2.35. The topological polar surface area (TPSA) is 50.2 Å². The van der Waals surface area contributed by atoms with Crippen LogP contribution in [0.25, 0.3) is 10.8 Å². The highest BCUT2D eigenvalue weighted by Crippen LogP contribution is 2.24. The molecule has 0 spiro atoms. The van der Waals surface area contributed by atoms with Gasteiger partial charge in [-0.15, -0.1) is 0 Å². The van der Waals surface area contributed by atoms with Crippen LogP contribution in [-0.4, -0.2) is 39.5 Å². The van der Waals surface area contributed by atoms with E-state index in [0.29, 0.717) is 6.04 Å². The average molecular weight is 348 g/mol. The minimum atomic E-state index is -0.134. The van der Waals surface area contributed by atoms with Gasteiger partial charge in [-0.05, 0) is 42.7 Å². The van der Waals surface area contributed by atoms with Crippen LogP contribution in [-0.2, 0) is 4.79 Å². The van der Waals surface area contributed by atoms with E-state index in [1.165, 1.54) is 5.39 Å². The molecule has 1 aromatic heterocycles. The van der Waals surface area contributed by atoms with E-state index in [1.807, 2.05) is 56.0 Å². The molecule has 0 saturated carbocycles. The quantitative estimate of drug-likeness (QED) is 0.782. The zero-order chi connectivity index (χ0) is 17.9. The molecule has 1 saturated heterocycles. The molecule has 1 amide bonds. The highest BCUT2D eigenvalue weighted by atomic mass is 16.2. The largest absolute Gasteiger partial charge is 0.334 e. The Morgan fingerprint density at radius 2 is 1.92 bits per heavy atom. The predicted octanol–water partition coefficient (Wildman–Crippen LogP) is 3.70. The number of fused-ring (bicyclic) bond motifs is 1. The molecule has 1 aliphatic heterocycles. The summed E-state index contributed by atoms with van der Waals surface area (Å²) in [6.45, 7) is 3.85. The first-order valence-corrected chi connectivity index (χ1v) is 9.22. The van der Waals surface area contributed by atoms with Crippen molar-refractivity contribution in [3.63, 3.8) is 0 Å². The Kier molecular flexibility index (Phi) is 4.71. The number of aromatic nitrogens is 2. The number of hydrogen-bond acceptors (Lipinski definition) is 3. The molecule has 5 nitrogen and oxygen atoms in total.